The minimum absolute atomic E-state index is 0.0166. The van der Waals surface area contributed by atoms with E-state index in [1.807, 2.05) is 37.6 Å². The van der Waals surface area contributed by atoms with E-state index in [2.05, 4.69) is 50.5 Å². The van der Waals surface area contributed by atoms with Gasteiger partial charge in [0.1, 0.15) is 0 Å². The lowest BCUT2D eigenvalue weighted by Crippen LogP contribution is -2.18. The molecule has 0 radical (unpaired) electrons. The zero-order valence-corrected chi connectivity index (χ0v) is 13.8. The Bertz CT molecular complexity index is 783. The SMILES string of the molecule is CNC(c1cc(Br)ccc1Cl)c1cccc2ccncc12. The zero-order chi connectivity index (χ0) is 14.8. The van der Waals surface area contributed by atoms with E-state index < -0.39 is 0 Å². The highest BCUT2D eigenvalue weighted by Gasteiger charge is 2.17. The number of hydrogen-bond donors (Lipinski definition) is 1. The molecule has 1 unspecified atom stereocenters. The standard InChI is InChI=1S/C17H14BrClN2/c1-20-17(14-9-12(18)5-6-16(14)19)13-4-2-3-11-7-8-21-10-15(11)13/h2-10,17,20H,1H3. The van der Waals surface area contributed by atoms with E-state index in [4.69, 9.17) is 11.6 Å². The molecule has 1 heterocycles. The van der Waals surface area contributed by atoms with Crippen LogP contribution in [0, 0.1) is 0 Å². The van der Waals surface area contributed by atoms with Gasteiger partial charge >= 0.3 is 0 Å². The molecule has 3 rings (SSSR count). The van der Waals surface area contributed by atoms with Crippen LogP contribution >= 0.6 is 27.5 Å². The van der Waals surface area contributed by atoms with Crippen LogP contribution in [0.15, 0.2) is 59.3 Å². The van der Waals surface area contributed by atoms with Crippen LogP contribution in [0.25, 0.3) is 10.8 Å². The normalized spacial score (nSPS) is 12.5. The summed E-state index contributed by atoms with van der Waals surface area (Å²) in [5, 5.41) is 6.42. The second kappa shape index (κ2) is 6.14. The summed E-state index contributed by atoms with van der Waals surface area (Å²) >= 11 is 9.91. The van der Waals surface area contributed by atoms with Gasteiger partial charge in [0.05, 0.1) is 6.04 Å². The van der Waals surface area contributed by atoms with Gasteiger partial charge in [-0.2, -0.15) is 0 Å². The number of rotatable bonds is 3. The largest absolute Gasteiger partial charge is 0.309 e. The molecular formula is C17H14BrClN2. The van der Waals surface area contributed by atoms with Gasteiger partial charge in [-0.3, -0.25) is 4.98 Å². The smallest absolute Gasteiger partial charge is 0.0596 e. The van der Waals surface area contributed by atoms with Crippen molar-refractivity contribution in [2.24, 2.45) is 0 Å². The van der Waals surface area contributed by atoms with Crippen LogP contribution < -0.4 is 5.32 Å². The molecule has 2 nitrogen and oxygen atoms in total. The third-order valence-corrected chi connectivity index (χ3v) is 4.42. The Morgan fingerprint density at radius 3 is 2.81 bits per heavy atom. The summed E-state index contributed by atoms with van der Waals surface area (Å²) in [7, 11) is 1.94. The average Bonchev–Trinajstić information content (AvgIpc) is 2.51. The van der Waals surface area contributed by atoms with Crippen molar-refractivity contribution in [1.82, 2.24) is 10.3 Å². The third kappa shape index (κ3) is 2.82. The molecule has 1 aromatic heterocycles. The molecule has 2 aromatic carbocycles. The van der Waals surface area contributed by atoms with Crippen LogP contribution in [0.1, 0.15) is 17.2 Å². The molecule has 0 spiro atoms. The highest BCUT2D eigenvalue weighted by Crippen LogP contribution is 2.33. The van der Waals surface area contributed by atoms with E-state index in [-0.39, 0.29) is 6.04 Å². The lowest BCUT2D eigenvalue weighted by atomic mass is 9.95. The molecule has 0 aliphatic heterocycles. The first kappa shape index (κ1) is 14.5. The maximum absolute atomic E-state index is 6.39. The third-order valence-electron chi connectivity index (χ3n) is 3.59. The molecule has 21 heavy (non-hydrogen) atoms. The minimum atomic E-state index is 0.0166. The van der Waals surface area contributed by atoms with Crippen LogP contribution in [0.4, 0.5) is 0 Å². The summed E-state index contributed by atoms with van der Waals surface area (Å²) < 4.78 is 1.01. The van der Waals surface area contributed by atoms with E-state index >= 15 is 0 Å². The number of pyridine rings is 1. The van der Waals surface area contributed by atoms with Gasteiger partial charge < -0.3 is 5.32 Å². The first-order valence-electron chi connectivity index (χ1n) is 6.65. The van der Waals surface area contributed by atoms with Gasteiger partial charge in [0, 0.05) is 27.3 Å². The first-order chi connectivity index (χ1) is 10.2. The van der Waals surface area contributed by atoms with Gasteiger partial charge in [0.2, 0.25) is 0 Å². The Balaban J connectivity index is 2.21. The van der Waals surface area contributed by atoms with Crippen LogP contribution in [0.3, 0.4) is 0 Å². The van der Waals surface area contributed by atoms with Gasteiger partial charge in [-0.1, -0.05) is 45.7 Å². The number of fused-ring (bicyclic) bond motifs is 1. The molecule has 0 bridgehead atoms. The predicted molar refractivity (Wildman–Crippen MR) is 91.8 cm³/mol. The van der Waals surface area contributed by atoms with Gasteiger partial charge in [0.25, 0.3) is 0 Å². The maximum atomic E-state index is 6.39. The van der Waals surface area contributed by atoms with Crippen molar-refractivity contribution in [2.45, 2.75) is 6.04 Å². The number of nitrogens with one attached hydrogen (secondary N) is 1. The van der Waals surface area contributed by atoms with Crippen LogP contribution in [-0.4, -0.2) is 12.0 Å². The second-order valence-electron chi connectivity index (χ2n) is 4.83. The number of hydrogen-bond acceptors (Lipinski definition) is 2. The molecule has 0 fully saturated rings. The predicted octanol–water partition coefficient (Wildman–Crippen LogP) is 4.96. The van der Waals surface area contributed by atoms with E-state index in [0.717, 1.165) is 20.4 Å². The van der Waals surface area contributed by atoms with Crippen molar-refractivity contribution in [3.05, 3.63) is 75.5 Å². The summed E-state index contributed by atoms with van der Waals surface area (Å²) in [5.41, 5.74) is 2.22. The highest BCUT2D eigenvalue weighted by molar-refractivity contribution is 9.10. The molecule has 0 aliphatic carbocycles. The quantitative estimate of drug-likeness (QED) is 0.713. The number of halogens is 2. The molecule has 3 aromatic rings. The van der Waals surface area contributed by atoms with E-state index in [9.17, 15) is 0 Å². The summed E-state index contributed by atoms with van der Waals surface area (Å²) in [6.07, 6.45) is 3.72. The molecule has 1 atom stereocenters. The van der Waals surface area contributed by atoms with Gasteiger partial charge in [-0.15, -0.1) is 0 Å². The maximum Gasteiger partial charge on any atom is 0.0596 e. The van der Waals surface area contributed by atoms with Gasteiger partial charge in [0.15, 0.2) is 0 Å². The Morgan fingerprint density at radius 2 is 2.00 bits per heavy atom. The number of benzene rings is 2. The number of aromatic nitrogens is 1. The van der Waals surface area contributed by atoms with Gasteiger partial charge in [-0.25, -0.2) is 0 Å². The fourth-order valence-electron chi connectivity index (χ4n) is 2.60. The topological polar surface area (TPSA) is 24.9 Å². The summed E-state index contributed by atoms with van der Waals surface area (Å²) in [4.78, 5) is 4.25. The molecule has 0 saturated heterocycles. The summed E-state index contributed by atoms with van der Waals surface area (Å²) in [6, 6.07) is 14.2. The highest BCUT2D eigenvalue weighted by atomic mass is 79.9. The molecule has 1 N–H and O–H groups in total. The Labute approximate surface area is 137 Å². The van der Waals surface area contributed by atoms with Crippen LogP contribution in [0.2, 0.25) is 5.02 Å². The molecule has 106 valence electrons. The fraction of sp³-hybridized carbons (Fsp3) is 0.118. The van der Waals surface area contributed by atoms with Crippen molar-refractivity contribution in [3.8, 4) is 0 Å². The fourth-order valence-corrected chi connectivity index (χ4v) is 3.21. The first-order valence-corrected chi connectivity index (χ1v) is 7.82. The molecule has 0 aliphatic rings. The van der Waals surface area contributed by atoms with Gasteiger partial charge in [-0.05, 0) is 47.8 Å². The second-order valence-corrected chi connectivity index (χ2v) is 6.15. The monoisotopic (exact) mass is 360 g/mol. The molecule has 0 saturated carbocycles. The van der Waals surface area contributed by atoms with Crippen LogP contribution in [0.5, 0.6) is 0 Å². The molecule has 0 amide bonds. The van der Waals surface area contributed by atoms with Crippen molar-refractivity contribution >= 4 is 38.3 Å². The average molecular weight is 362 g/mol. The number of nitrogens with zero attached hydrogens (tertiary/aromatic N) is 1. The van der Waals surface area contributed by atoms with Crippen molar-refractivity contribution in [1.29, 1.82) is 0 Å². The lowest BCUT2D eigenvalue weighted by Gasteiger charge is -2.20. The summed E-state index contributed by atoms with van der Waals surface area (Å²) in [5.74, 6) is 0. The van der Waals surface area contributed by atoms with Crippen LogP contribution in [-0.2, 0) is 0 Å². The molecular weight excluding hydrogens is 348 g/mol. The summed E-state index contributed by atoms with van der Waals surface area (Å²) in [6.45, 7) is 0. The van der Waals surface area contributed by atoms with E-state index in [1.54, 1.807) is 0 Å². The zero-order valence-electron chi connectivity index (χ0n) is 11.5. The van der Waals surface area contributed by atoms with Crippen molar-refractivity contribution in [2.75, 3.05) is 7.05 Å². The van der Waals surface area contributed by atoms with E-state index in [1.165, 1.54) is 10.9 Å². The van der Waals surface area contributed by atoms with Crippen molar-refractivity contribution in [3.63, 3.8) is 0 Å². The van der Waals surface area contributed by atoms with Crippen molar-refractivity contribution < 1.29 is 0 Å². The molecule has 4 heteroatoms. The minimum Gasteiger partial charge on any atom is -0.309 e. The Morgan fingerprint density at radius 1 is 1.14 bits per heavy atom. The Kier molecular flexibility index (Phi) is 4.24. The Hall–Kier alpha value is -1.42. The lowest BCUT2D eigenvalue weighted by molar-refractivity contribution is 0.696. The van der Waals surface area contributed by atoms with E-state index in [0.29, 0.717) is 0 Å².